The van der Waals surface area contributed by atoms with E-state index in [9.17, 15) is 4.79 Å². The van der Waals surface area contributed by atoms with Gasteiger partial charge in [-0.1, -0.05) is 30.4 Å². The maximum atomic E-state index is 13.3. The zero-order chi connectivity index (χ0) is 19.4. The molecule has 28 heavy (non-hydrogen) atoms. The van der Waals surface area contributed by atoms with E-state index >= 15 is 0 Å². The van der Waals surface area contributed by atoms with Gasteiger partial charge in [0, 0.05) is 23.5 Å². The molecule has 150 valence electrons. The molecule has 4 nitrogen and oxygen atoms in total. The molecule has 0 fully saturated rings. The van der Waals surface area contributed by atoms with Crippen LogP contribution in [0.1, 0.15) is 22.8 Å². The van der Waals surface area contributed by atoms with Crippen molar-refractivity contribution < 1.29 is 4.79 Å². The molecule has 1 heterocycles. The van der Waals surface area contributed by atoms with E-state index in [-0.39, 0.29) is 18.3 Å². The molecular formula is C21H26ClN3OS2. The number of anilines is 1. The van der Waals surface area contributed by atoms with Crippen LogP contribution in [0.2, 0.25) is 0 Å². The number of hydrogen-bond acceptors (Lipinski definition) is 5. The maximum Gasteiger partial charge on any atom is 0.260 e. The first-order valence-corrected chi connectivity index (χ1v) is 11.1. The van der Waals surface area contributed by atoms with Gasteiger partial charge in [-0.25, -0.2) is 4.98 Å². The van der Waals surface area contributed by atoms with Gasteiger partial charge >= 0.3 is 0 Å². The summed E-state index contributed by atoms with van der Waals surface area (Å²) in [5.41, 5.74) is 2.94. The summed E-state index contributed by atoms with van der Waals surface area (Å²) >= 11 is 3.23. The second kappa shape index (κ2) is 10.3. The van der Waals surface area contributed by atoms with Crippen molar-refractivity contribution >= 4 is 56.8 Å². The molecule has 7 heteroatoms. The van der Waals surface area contributed by atoms with Gasteiger partial charge in [0.05, 0.1) is 10.2 Å². The number of carbonyl (C=O) groups excluding carboxylic acids is 1. The summed E-state index contributed by atoms with van der Waals surface area (Å²) in [6, 6.07) is 14.1. The molecule has 0 spiro atoms. The lowest BCUT2D eigenvalue weighted by Crippen LogP contribution is -2.36. The average Bonchev–Trinajstić information content (AvgIpc) is 3.10. The molecule has 0 bridgehead atoms. The van der Waals surface area contributed by atoms with Crippen LogP contribution in [0.25, 0.3) is 10.2 Å². The number of thiazole rings is 1. The number of aromatic nitrogens is 1. The largest absolute Gasteiger partial charge is 0.308 e. The number of fused-ring (bicyclic) bond motifs is 1. The van der Waals surface area contributed by atoms with E-state index in [4.69, 9.17) is 4.98 Å². The van der Waals surface area contributed by atoms with E-state index in [1.807, 2.05) is 49.5 Å². The fraction of sp³-hybridized carbons (Fsp3) is 0.333. The van der Waals surface area contributed by atoms with Crippen LogP contribution < -0.4 is 4.90 Å². The van der Waals surface area contributed by atoms with E-state index in [1.165, 1.54) is 5.56 Å². The predicted octanol–water partition coefficient (Wildman–Crippen LogP) is 5.21. The molecule has 3 rings (SSSR count). The zero-order valence-electron chi connectivity index (χ0n) is 16.6. The van der Waals surface area contributed by atoms with Crippen LogP contribution in [-0.4, -0.2) is 49.2 Å². The number of aryl methyl sites for hydroxylation is 1. The van der Waals surface area contributed by atoms with Crippen molar-refractivity contribution in [3.63, 3.8) is 0 Å². The molecule has 1 amide bonds. The SMILES string of the molecule is CCc1ccc2nc(N(CCN(C)C)C(=O)c3cccc(SC)c3)sc2c1.Cl. The summed E-state index contributed by atoms with van der Waals surface area (Å²) in [6.07, 6.45) is 3.01. The Morgan fingerprint density at radius 1 is 1.14 bits per heavy atom. The Kier molecular flexibility index (Phi) is 8.31. The molecule has 0 aliphatic rings. The molecule has 0 radical (unpaired) electrons. The zero-order valence-corrected chi connectivity index (χ0v) is 19.1. The third kappa shape index (κ3) is 5.26. The first-order valence-electron chi connectivity index (χ1n) is 9.02. The third-order valence-corrected chi connectivity index (χ3v) is 6.18. The van der Waals surface area contributed by atoms with E-state index in [0.717, 1.165) is 33.2 Å². The van der Waals surface area contributed by atoms with E-state index < -0.39 is 0 Å². The number of likely N-dealkylation sites (N-methyl/N-ethyl adjacent to an activating group) is 1. The average molecular weight is 436 g/mol. The number of thioether (sulfide) groups is 1. The van der Waals surface area contributed by atoms with Crippen LogP contribution in [-0.2, 0) is 6.42 Å². The molecule has 0 aliphatic carbocycles. The van der Waals surface area contributed by atoms with Crippen LogP contribution in [0, 0.1) is 0 Å². The van der Waals surface area contributed by atoms with E-state index in [2.05, 4.69) is 30.0 Å². The lowest BCUT2D eigenvalue weighted by atomic mass is 10.2. The van der Waals surface area contributed by atoms with Crippen LogP contribution >= 0.6 is 35.5 Å². The normalized spacial score (nSPS) is 10.9. The summed E-state index contributed by atoms with van der Waals surface area (Å²) in [4.78, 5) is 23.0. The number of carbonyl (C=O) groups is 1. The summed E-state index contributed by atoms with van der Waals surface area (Å²) < 4.78 is 1.13. The monoisotopic (exact) mass is 435 g/mol. The van der Waals surface area contributed by atoms with Gasteiger partial charge in [-0.05, 0) is 62.7 Å². The molecule has 2 aromatic carbocycles. The van der Waals surface area contributed by atoms with Crippen molar-refractivity contribution in [2.45, 2.75) is 18.2 Å². The van der Waals surface area contributed by atoms with Crippen molar-refractivity contribution in [2.24, 2.45) is 0 Å². The Hall–Kier alpha value is -1.60. The fourth-order valence-corrected chi connectivity index (χ4v) is 4.30. The van der Waals surface area contributed by atoms with Gasteiger partial charge in [0.2, 0.25) is 0 Å². The Morgan fingerprint density at radius 3 is 2.61 bits per heavy atom. The second-order valence-electron chi connectivity index (χ2n) is 6.64. The number of halogens is 1. The van der Waals surface area contributed by atoms with Crippen LogP contribution in [0.5, 0.6) is 0 Å². The van der Waals surface area contributed by atoms with Crippen LogP contribution in [0.15, 0.2) is 47.4 Å². The molecule has 0 unspecified atom stereocenters. The highest BCUT2D eigenvalue weighted by atomic mass is 35.5. The molecular weight excluding hydrogens is 410 g/mol. The minimum Gasteiger partial charge on any atom is -0.308 e. The molecule has 0 saturated heterocycles. The Balaban J connectivity index is 0.00000280. The van der Waals surface area contributed by atoms with Crippen LogP contribution in [0.3, 0.4) is 0 Å². The number of nitrogens with zero attached hydrogens (tertiary/aromatic N) is 3. The third-order valence-electron chi connectivity index (χ3n) is 4.41. The second-order valence-corrected chi connectivity index (χ2v) is 8.53. The Labute approximate surface area is 181 Å². The smallest absolute Gasteiger partial charge is 0.260 e. The number of benzene rings is 2. The molecule has 3 aromatic rings. The highest BCUT2D eigenvalue weighted by Crippen LogP contribution is 2.31. The summed E-state index contributed by atoms with van der Waals surface area (Å²) in [5.74, 6) is 0.00233. The highest BCUT2D eigenvalue weighted by molar-refractivity contribution is 7.98. The minimum atomic E-state index is 0. The summed E-state index contributed by atoms with van der Waals surface area (Å²) in [5, 5.41) is 0.764. The van der Waals surface area contributed by atoms with Crippen LogP contribution in [0.4, 0.5) is 5.13 Å². The fourth-order valence-electron chi connectivity index (χ4n) is 2.79. The summed E-state index contributed by atoms with van der Waals surface area (Å²) in [7, 11) is 4.03. The van der Waals surface area contributed by atoms with Crippen molar-refractivity contribution in [3.8, 4) is 0 Å². The lowest BCUT2D eigenvalue weighted by Gasteiger charge is -2.22. The lowest BCUT2D eigenvalue weighted by molar-refractivity contribution is 0.0985. The highest BCUT2D eigenvalue weighted by Gasteiger charge is 2.21. The molecule has 0 N–H and O–H groups in total. The first kappa shape index (κ1) is 22.7. The van der Waals surface area contributed by atoms with E-state index in [0.29, 0.717) is 12.1 Å². The molecule has 1 aromatic heterocycles. The van der Waals surface area contributed by atoms with Crippen molar-refractivity contribution in [2.75, 3.05) is 38.3 Å². The van der Waals surface area contributed by atoms with Gasteiger partial charge in [0.25, 0.3) is 5.91 Å². The Bertz CT molecular complexity index is 942. The van der Waals surface area contributed by atoms with Gasteiger partial charge in [0.1, 0.15) is 0 Å². The van der Waals surface area contributed by atoms with Crippen molar-refractivity contribution in [1.29, 1.82) is 0 Å². The number of rotatable bonds is 7. The Morgan fingerprint density at radius 2 is 1.93 bits per heavy atom. The molecule has 0 atom stereocenters. The first-order chi connectivity index (χ1) is 13.0. The van der Waals surface area contributed by atoms with Gasteiger partial charge < -0.3 is 4.90 Å². The summed E-state index contributed by atoms with van der Waals surface area (Å²) in [6.45, 7) is 3.54. The predicted molar refractivity (Wildman–Crippen MR) is 125 cm³/mol. The van der Waals surface area contributed by atoms with Gasteiger partial charge in [0.15, 0.2) is 5.13 Å². The minimum absolute atomic E-state index is 0. The maximum absolute atomic E-state index is 13.3. The standard InChI is InChI=1S/C21H25N3OS2.ClH/c1-5-15-9-10-18-19(13-15)27-21(22-18)24(12-11-23(2)3)20(25)16-7-6-8-17(14-16)26-4;/h6-10,13-14H,5,11-12H2,1-4H3;1H. The topological polar surface area (TPSA) is 36.4 Å². The number of amides is 1. The van der Waals surface area contributed by atoms with Gasteiger partial charge in [-0.3, -0.25) is 9.69 Å². The molecule has 0 aliphatic heterocycles. The quantitative estimate of drug-likeness (QED) is 0.477. The number of hydrogen-bond donors (Lipinski definition) is 0. The van der Waals surface area contributed by atoms with Crippen molar-refractivity contribution in [3.05, 3.63) is 53.6 Å². The van der Waals surface area contributed by atoms with Gasteiger partial charge in [-0.15, -0.1) is 24.2 Å². The van der Waals surface area contributed by atoms with Crippen molar-refractivity contribution in [1.82, 2.24) is 9.88 Å². The van der Waals surface area contributed by atoms with Gasteiger partial charge in [-0.2, -0.15) is 0 Å². The van der Waals surface area contributed by atoms with E-state index in [1.54, 1.807) is 23.1 Å². The molecule has 0 saturated carbocycles.